The van der Waals surface area contributed by atoms with Gasteiger partial charge in [-0.1, -0.05) is 42.5 Å². The van der Waals surface area contributed by atoms with Crippen molar-refractivity contribution in [3.8, 4) is 22.5 Å². The van der Waals surface area contributed by atoms with E-state index in [1.54, 1.807) is 12.3 Å². The molecular formula is C26H20N2O. The molecule has 0 unspecified atom stereocenters. The summed E-state index contributed by atoms with van der Waals surface area (Å²) in [5.41, 5.74) is 4.63. The minimum absolute atomic E-state index is 0.101. The summed E-state index contributed by atoms with van der Waals surface area (Å²) in [6.07, 6.45) is -1.49. The molecule has 3 heteroatoms. The highest BCUT2D eigenvalue weighted by atomic mass is 16.3. The number of rotatable bonds is 2. The largest absolute Gasteiger partial charge is 0.437 e. The highest BCUT2D eigenvalue weighted by molar-refractivity contribution is 6.08. The standard InChI is InChI=1S/C26H20N2O/c1-2-8-18(9-3-1)23-14-13-21-20-11-6-12-22(25(20)29-26(21)28-23)24-19-10-5-4-7-17(19)15-16-27-24/h1-3,6,8-9,11-16H,4-5,7,10H2/i7D2,10D2. The monoisotopic (exact) mass is 380 g/mol. The number of pyridine rings is 2. The molecule has 2 aromatic carbocycles. The second-order valence-electron chi connectivity index (χ2n) is 7.14. The van der Waals surface area contributed by atoms with Crippen molar-refractivity contribution in [3.05, 3.63) is 84.1 Å². The van der Waals surface area contributed by atoms with E-state index in [0.29, 0.717) is 33.7 Å². The summed E-state index contributed by atoms with van der Waals surface area (Å²) in [6.45, 7) is 0. The van der Waals surface area contributed by atoms with Gasteiger partial charge in [-0.25, -0.2) is 4.98 Å². The molecule has 0 saturated heterocycles. The zero-order chi connectivity index (χ0) is 22.8. The van der Waals surface area contributed by atoms with Crippen molar-refractivity contribution in [1.82, 2.24) is 9.97 Å². The van der Waals surface area contributed by atoms with E-state index >= 15 is 0 Å². The van der Waals surface area contributed by atoms with Gasteiger partial charge in [0, 0.05) is 33.6 Å². The number of fused-ring (bicyclic) bond motifs is 4. The molecule has 0 bridgehead atoms. The van der Waals surface area contributed by atoms with Crippen LogP contribution in [0.1, 0.15) is 29.5 Å². The van der Waals surface area contributed by atoms with Crippen LogP contribution in [0.4, 0.5) is 0 Å². The van der Waals surface area contributed by atoms with E-state index in [-0.39, 0.29) is 12.8 Å². The number of furan rings is 1. The second-order valence-corrected chi connectivity index (χ2v) is 7.14. The van der Waals surface area contributed by atoms with Crippen molar-refractivity contribution >= 4 is 22.1 Å². The van der Waals surface area contributed by atoms with Gasteiger partial charge in [0.15, 0.2) is 0 Å². The summed E-state index contributed by atoms with van der Waals surface area (Å²) < 4.78 is 40.4. The van der Waals surface area contributed by atoms with E-state index in [1.165, 1.54) is 0 Å². The Labute approximate surface area is 174 Å². The van der Waals surface area contributed by atoms with Gasteiger partial charge in [0.25, 0.3) is 0 Å². The van der Waals surface area contributed by atoms with Gasteiger partial charge in [0.05, 0.1) is 11.4 Å². The summed E-state index contributed by atoms with van der Waals surface area (Å²) in [5.74, 6) is 0. The smallest absolute Gasteiger partial charge is 0.227 e. The second kappa shape index (κ2) is 6.56. The normalized spacial score (nSPS) is 19.2. The third-order valence-electron chi connectivity index (χ3n) is 5.38. The van der Waals surface area contributed by atoms with Crippen LogP contribution < -0.4 is 0 Å². The van der Waals surface area contributed by atoms with Crippen LogP contribution in [0.3, 0.4) is 0 Å². The number of benzene rings is 2. The van der Waals surface area contributed by atoms with E-state index in [9.17, 15) is 0 Å². The van der Waals surface area contributed by atoms with Gasteiger partial charge in [-0.2, -0.15) is 0 Å². The summed E-state index contributed by atoms with van der Waals surface area (Å²) in [4.78, 5) is 9.26. The van der Waals surface area contributed by atoms with Crippen LogP contribution in [0.25, 0.3) is 44.6 Å². The molecular weight excluding hydrogens is 356 g/mol. The highest BCUT2D eigenvalue weighted by Crippen LogP contribution is 2.38. The molecule has 3 heterocycles. The fraction of sp³-hybridized carbons (Fsp3) is 0.154. The molecule has 0 amide bonds. The van der Waals surface area contributed by atoms with Gasteiger partial charge in [0.1, 0.15) is 5.58 Å². The van der Waals surface area contributed by atoms with Gasteiger partial charge in [-0.15, -0.1) is 0 Å². The molecule has 1 aliphatic carbocycles. The van der Waals surface area contributed by atoms with Gasteiger partial charge >= 0.3 is 0 Å². The Kier molecular flexibility index (Phi) is 2.91. The van der Waals surface area contributed by atoms with Crippen molar-refractivity contribution in [3.63, 3.8) is 0 Å². The maximum absolute atomic E-state index is 8.63. The molecule has 3 nitrogen and oxygen atoms in total. The van der Waals surface area contributed by atoms with Crippen LogP contribution in [-0.2, 0) is 12.7 Å². The molecule has 29 heavy (non-hydrogen) atoms. The topological polar surface area (TPSA) is 38.9 Å². The van der Waals surface area contributed by atoms with Crippen molar-refractivity contribution in [2.75, 3.05) is 0 Å². The predicted octanol–water partition coefficient (Wildman–Crippen LogP) is 6.59. The lowest BCUT2D eigenvalue weighted by molar-refractivity contribution is 0.654. The predicted molar refractivity (Wildman–Crippen MR) is 117 cm³/mol. The van der Waals surface area contributed by atoms with Gasteiger partial charge in [-0.05, 0) is 61.0 Å². The van der Waals surface area contributed by atoms with Crippen molar-refractivity contribution in [2.45, 2.75) is 25.6 Å². The molecule has 6 rings (SSSR count). The molecule has 0 atom stereocenters. The highest BCUT2D eigenvalue weighted by Gasteiger charge is 2.19. The first kappa shape index (κ1) is 12.9. The van der Waals surface area contributed by atoms with Crippen LogP contribution in [-0.4, -0.2) is 9.97 Å². The van der Waals surface area contributed by atoms with Gasteiger partial charge in [0.2, 0.25) is 5.71 Å². The van der Waals surface area contributed by atoms with Gasteiger partial charge in [-0.3, -0.25) is 4.98 Å². The number of aryl methyl sites for hydroxylation is 1. The van der Waals surface area contributed by atoms with Crippen molar-refractivity contribution < 1.29 is 9.90 Å². The van der Waals surface area contributed by atoms with Crippen molar-refractivity contribution in [2.24, 2.45) is 0 Å². The quantitative estimate of drug-likeness (QED) is 0.347. The SMILES string of the molecule is [2H]C1([2H])CCC([2H])([2H])c2c1ccnc2-c1cccc2c1oc1nc(-c3ccccc3)ccc12. The van der Waals surface area contributed by atoms with E-state index in [0.717, 1.165) is 22.0 Å². The van der Waals surface area contributed by atoms with E-state index in [1.807, 2.05) is 60.7 Å². The summed E-state index contributed by atoms with van der Waals surface area (Å²) in [5, 5.41) is 1.74. The first-order valence-corrected chi connectivity index (χ1v) is 9.73. The molecule has 0 aliphatic heterocycles. The maximum atomic E-state index is 8.63. The van der Waals surface area contributed by atoms with Gasteiger partial charge < -0.3 is 4.42 Å². The van der Waals surface area contributed by atoms with Crippen LogP contribution in [0.2, 0.25) is 0 Å². The third kappa shape index (κ3) is 2.65. The Morgan fingerprint density at radius 2 is 1.72 bits per heavy atom. The summed E-state index contributed by atoms with van der Waals surface area (Å²) in [7, 11) is 0. The van der Waals surface area contributed by atoms with E-state index in [2.05, 4.69) is 4.98 Å². The van der Waals surface area contributed by atoms with E-state index in [4.69, 9.17) is 14.9 Å². The fourth-order valence-electron chi connectivity index (χ4n) is 4.01. The Morgan fingerprint density at radius 3 is 2.66 bits per heavy atom. The van der Waals surface area contributed by atoms with Crippen molar-refractivity contribution in [1.29, 1.82) is 0 Å². The molecule has 1 aliphatic rings. The summed E-state index contributed by atoms with van der Waals surface area (Å²) >= 11 is 0. The molecule has 5 aromatic rings. The number of aromatic nitrogens is 2. The number of para-hydroxylation sites is 1. The summed E-state index contributed by atoms with van der Waals surface area (Å²) in [6, 6.07) is 21.2. The minimum atomic E-state index is -1.68. The van der Waals surface area contributed by atoms with Crippen LogP contribution in [0.15, 0.2) is 77.3 Å². The zero-order valence-electron chi connectivity index (χ0n) is 19.6. The number of hydrogen-bond donors (Lipinski definition) is 0. The lowest BCUT2D eigenvalue weighted by Gasteiger charge is -2.18. The van der Waals surface area contributed by atoms with Crippen LogP contribution >= 0.6 is 0 Å². The fourth-order valence-corrected chi connectivity index (χ4v) is 4.01. The zero-order valence-corrected chi connectivity index (χ0v) is 15.6. The molecule has 0 spiro atoms. The molecule has 0 saturated carbocycles. The first-order chi connectivity index (χ1) is 15.9. The lowest BCUT2D eigenvalue weighted by atomic mass is 9.89. The maximum Gasteiger partial charge on any atom is 0.227 e. The van der Waals surface area contributed by atoms with E-state index < -0.39 is 12.7 Å². The lowest BCUT2D eigenvalue weighted by Crippen LogP contribution is -2.05. The molecule has 3 aromatic heterocycles. The average Bonchev–Trinajstić information content (AvgIpc) is 3.20. The molecule has 0 radical (unpaired) electrons. The van der Waals surface area contributed by atoms with Crippen LogP contribution in [0.5, 0.6) is 0 Å². The number of nitrogens with zero attached hydrogens (tertiary/aromatic N) is 2. The van der Waals surface area contributed by atoms with Crippen LogP contribution in [0, 0.1) is 0 Å². The Bertz CT molecular complexity index is 1530. The Hall–Kier alpha value is -3.46. The molecule has 0 fully saturated rings. The first-order valence-electron chi connectivity index (χ1n) is 11.7. The third-order valence-corrected chi connectivity index (χ3v) is 5.38. The Balaban J connectivity index is 1.61. The average molecular weight is 380 g/mol. The Morgan fingerprint density at radius 1 is 0.828 bits per heavy atom. The molecule has 0 N–H and O–H groups in total. The minimum Gasteiger partial charge on any atom is -0.437 e. The number of hydrogen-bond acceptors (Lipinski definition) is 3. The molecule has 140 valence electrons.